The van der Waals surface area contributed by atoms with Gasteiger partial charge < -0.3 is 15.4 Å². The van der Waals surface area contributed by atoms with Gasteiger partial charge in [0.2, 0.25) is 0 Å². The van der Waals surface area contributed by atoms with Gasteiger partial charge in [0.05, 0.1) is 5.39 Å². The smallest absolute Gasteiger partial charge is 0.346 e. The van der Waals surface area contributed by atoms with Crippen LogP contribution in [0.3, 0.4) is 0 Å². The average molecular weight is 352 g/mol. The Morgan fingerprint density at radius 3 is 3.00 bits per heavy atom. The van der Waals surface area contributed by atoms with Crippen molar-refractivity contribution in [2.24, 2.45) is 0 Å². The molecule has 0 atom stereocenters. The Kier molecular flexibility index (Phi) is 3.85. The van der Waals surface area contributed by atoms with Gasteiger partial charge in [-0.1, -0.05) is 18.2 Å². The molecule has 3 aromatic heterocycles. The number of nitrogens with one attached hydrogen (secondary N) is 2. The number of aryl methyl sites for hydroxylation is 1. The molecule has 0 aliphatic carbocycles. The molecule has 3 N–H and O–H groups in total. The van der Waals surface area contributed by atoms with Crippen molar-refractivity contribution in [3.8, 4) is 0 Å². The van der Waals surface area contributed by atoms with Crippen molar-refractivity contribution in [2.75, 3.05) is 11.9 Å². The fourth-order valence-electron chi connectivity index (χ4n) is 3.06. The topological polar surface area (TPSA) is 90.9 Å². The largest absolute Gasteiger partial charge is 0.477 e. The van der Waals surface area contributed by atoms with E-state index < -0.39 is 5.97 Å². The summed E-state index contributed by atoms with van der Waals surface area (Å²) in [4.78, 5) is 24.1. The van der Waals surface area contributed by atoms with Crippen LogP contribution in [0.5, 0.6) is 0 Å². The number of para-hydroxylation sites is 1. The molecule has 4 aromatic rings. The van der Waals surface area contributed by atoms with Gasteiger partial charge in [0.15, 0.2) is 0 Å². The Hall–Kier alpha value is -2.93. The molecule has 0 aliphatic rings. The number of nitrogens with zero attached hydrogens (tertiary/aromatic N) is 2. The summed E-state index contributed by atoms with van der Waals surface area (Å²) in [7, 11) is 0. The van der Waals surface area contributed by atoms with Gasteiger partial charge in [-0.05, 0) is 30.5 Å². The number of anilines is 1. The lowest BCUT2D eigenvalue weighted by Crippen LogP contribution is -2.07. The van der Waals surface area contributed by atoms with E-state index in [9.17, 15) is 9.90 Å². The van der Waals surface area contributed by atoms with E-state index in [-0.39, 0.29) is 0 Å². The lowest BCUT2D eigenvalue weighted by molar-refractivity contribution is 0.0701. The molecule has 1 aromatic carbocycles. The SMILES string of the molecule is Cc1c(C(=O)O)sc2ncnc(NCCc3c[nH]c4ccccc34)c12. The molecule has 0 saturated carbocycles. The van der Waals surface area contributed by atoms with Gasteiger partial charge in [0, 0.05) is 23.6 Å². The number of carbonyl (C=O) groups is 1. The van der Waals surface area contributed by atoms with E-state index in [1.54, 1.807) is 6.92 Å². The molecule has 0 saturated heterocycles. The first-order valence-electron chi connectivity index (χ1n) is 7.91. The molecular weight excluding hydrogens is 336 g/mol. The van der Waals surface area contributed by atoms with E-state index in [1.807, 2.05) is 18.3 Å². The molecule has 0 aliphatic heterocycles. The lowest BCUT2D eigenvalue weighted by atomic mass is 10.1. The molecular formula is C18H16N4O2S. The number of fused-ring (bicyclic) bond motifs is 2. The second kappa shape index (κ2) is 6.18. The van der Waals surface area contributed by atoms with Crippen molar-refractivity contribution in [2.45, 2.75) is 13.3 Å². The Balaban J connectivity index is 1.58. The number of benzene rings is 1. The van der Waals surface area contributed by atoms with Crippen LogP contribution in [0.15, 0.2) is 36.8 Å². The maximum Gasteiger partial charge on any atom is 0.346 e. The van der Waals surface area contributed by atoms with Crippen molar-refractivity contribution in [3.63, 3.8) is 0 Å². The zero-order valence-electron chi connectivity index (χ0n) is 13.5. The summed E-state index contributed by atoms with van der Waals surface area (Å²) in [6.45, 7) is 2.50. The van der Waals surface area contributed by atoms with Crippen LogP contribution in [0.1, 0.15) is 20.8 Å². The van der Waals surface area contributed by atoms with Gasteiger partial charge in [-0.2, -0.15) is 0 Å². The highest BCUT2D eigenvalue weighted by atomic mass is 32.1. The van der Waals surface area contributed by atoms with Gasteiger partial charge in [-0.15, -0.1) is 11.3 Å². The third kappa shape index (κ3) is 2.72. The predicted octanol–water partition coefficient (Wildman–Crippen LogP) is 3.83. The Morgan fingerprint density at radius 2 is 2.16 bits per heavy atom. The summed E-state index contributed by atoms with van der Waals surface area (Å²) in [5, 5.41) is 14.6. The zero-order valence-corrected chi connectivity index (χ0v) is 14.4. The summed E-state index contributed by atoms with van der Waals surface area (Å²) in [5.74, 6) is -0.240. The molecule has 0 bridgehead atoms. The highest BCUT2D eigenvalue weighted by molar-refractivity contribution is 7.20. The van der Waals surface area contributed by atoms with E-state index >= 15 is 0 Å². The monoisotopic (exact) mass is 352 g/mol. The maximum atomic E-state index is 11.3. The fourth-order valence-corrected chi connectivity index (χ4v) is 4.05. The number of aromatic amines is 1. The minimum Gasteiger partial charge on any atom is -0.477 e. The molecule has 3 heterocycles. The molecule has 4 rings (SSSR count). The predicted molar refractivity (Wildman–Crippen MR) is 99.6 cm³/mol. The quantitative estimate of drug-likeness (QED) is 0.508. The Morgan fingerprint density at radius 1 is 1.32 bits per heavy atom. The third-order valence-electron chi connectivity index (χ3n) is 4.28. The molecule has 7 heteroatoms. The van der Waals surface area contributed by atoms with E-state index in [4.69, 9.17) is 0 Å². The number of carboxylic acids is 1. The minimum atomic E-state index is -0.926. The normalized spacial score (nSPS) is 11.2. The third-order valence-corrected chi connectivity index (χ3v) is 5.47. The average Bonchev–Trinajstić information content (AvgIpc) is 3.17. The number of hydrogen-bond donors (Lipinski definition) is 3. The molecule has 0 fully saturated rings. The van der Waals surface area contributed by atoms with Crippen LogP contribution in [0.2, 0.25) is 0 Å². The lowest BCUT2D eigenvalue weighted by Gasteiger charge is -2.07. The van der Waals surface area contributed by atoms with Crippen LogP contribution >= 0.6 is 11.3 Å². The van der Waals surface area contributed by atoms with Crippen molar-refractivity contribution >= 4 is 44.2 Å². The molecule has 0 radical (unpaired) electrons. The fraction of sp³-hybridized carbons (Fsp3) is 0.167. The van der Waals surface area contributed by atoms with Gasteiger partial charge in [0.25, 0.3) is 0 Å². The number of rotatable bonds is 5. The van der Waals surface area contributed by atoms with E-state index in [2.05, 4.69) is 32.4 Å². The van der Waals surface area contributed by atoms with Crippen molar-refractivity contribution in [1.82, 2.24) is 15.0 Å². The first-order chi connectivity index (χ1) is 12.1. The Bertz CT molecular complexity index is 1080. The summed E-state index contributed by atoms with van der Waals surface area (Å²) in [5.41, 5.74) is 3.08. The highest BCUT2D eigenvalue weighted by Gasteiger charge is 2.18. The summed E-state index contributed by atoms with van der Waals surface area (Å²) < 4.78 is 0. The maximum absolute atomic E-state index is 11.3. The van der Waals surface area contributed by atoms with Crippen LogP contribution in [-0.4, -0.2) is 32.6 Å². The van der Waals surface area contributed by atoms with Crippen molar-refractivity contribution in [3.05, 3.63) is 52.8 Å². The number of thiophene rings is 1. The zero-order chi connectivity index (χ0) is 17.4. The highest BCUT2D eigenvalue weighted by Crippen LogP contribution is 2.33. The van der Waals surface area contributed by atoms with Gasteiger partial charge in [0.1, 0.15) is 21.9 Å². The van der Waals surface area contributed by atoms with Crippen LogP contribution in [0.4, 0.5) is 5.82 Å². The molecule has 0 amide bonds. The van der Waals surface area contributed by atoms with Gasteiger partial charge >= 0.3 is 5.97 Å². The second-order valence-electron chi connectivity index (χ2n) is 5.80. The molecule has 126 valence electrons. The number of carboxylic acid groups (broad SMARTS) is 1. The molecule has 0 unspecified atom stereocenters. The van der Waals surface area contributed by atoms with Crippen LogP contribution < -0.4 is 5.32 Å². The molecule has 25 heavy (non-hydrogen) atoms. The van der Waals surface area contributed by atoms with Crippen molar-refractivity contribution in [1.29, 1.82) is 0 Å². The van der Waals surface area contributed by atoms with E-state index in [0.29, 0.717) is 27.6 Å². The molecule has 0 spiro atoms. The minimum absolute atomic E-state index is 0.315. The summed E-state index contributed by atoms with van der Waals surface area (Å²) >= 11 is 1.18. The van der Waals surface area contributed by atoms with Crippen LogP contribution in [-0.2, 0) is 6.42 Å². The summed E-state index contributed by atoms with van der Waals surface area (Å²) in [6.07, 6.45) is 4.34. The Labute approximate surface area is 147 Å². The van der Waals surface area contributed by atoms with Gasteiger partial charge in [-0.3, -0.25) is 0 Å². The first kappa shape index (κ1) is 15.6. The number of aromatic carboxylic acids is 1. The second-order valence-corrected chi connectivity index (χ2v) is 6.80. The van der Waals surface area contributed by atoms with Crippen LogP contribution in [0.25, 0.3) is 21.1 Å². The van der Waals surface area contributed by atoms with E-state index in [0.717, 1.165) is 17.3 Å². The summed E-state index contributed by atoms with van der Waals surface area (Å²) in [6, 6.07) is 8.20. The van der Waals surface area contributed by atoms with Crippen molar-refractivity contribution < 1.29 is 9.90 Å². The van der Waals surface area contributed by atoms with Gasteiger partial charge in [-0.25, -0.2) is 14.8 Å². The number of hydrogen-bond acceptors (Lipinski definition) is 5. The molecule has 6 nitrogen and oxygen atoms in total. The number of H-pyrrole nitrogens is 1. The van der Waals surface area contributed by atoms with Crippen LogP contribution in [0, 0.1) is 6.92 Å². The first-order valence-corrected chi connectivity index (χ1v) is 8.73. The van der Waals surface area contributed by atoms with E-state index in [1.165, 1.54) is 28.6 Å². The standard InChI is InChI=1S/C18H16N4O2S/c1-10-14-16(21-9-22-17(14)25-15(10)18(23)24)19-7-6-11-8-20-13-5-3-2-4-12(11)13/h2-5,8-9,20H,6-7H2,1H3,(H,23,24)(H,19,21,22). The number of aromatic nitrogens is 3.